The molecule has 1 heterocycles. The lowest BCUT2D eigenvalue weighted by Gasteiger charge is -2.11. The topological polar surface area (TPSA) is 3.24 Å². The molecule has 0 aromatic rings. The van der Waals surface area contributed by atoms with Crippen molar-refractivity contribution in [2.24, 2.45) is 0 Å². The second-order valence-corrected chi connectivity index (χ2v) is 3.53. The maximum atomic E-state index is 5.68. The number of allylic oxidation sites excluding steroid dienone is 2. The maximum absolute atomic E-state index is 5.68. The molecule has 0 aromatic carbocycles. The Balaban J connectivity index is 0.000000810. The Morgan fingerprint density at radius 1 is 1.70 bits per heavy atom. The average molecular weight is 200 g/mol. The largest absolute Gasteiger partial charge is 0.367 e. The Labute approximate surface area is 77.2 Å². The van der Waals surface area contributed by atoms with Gasteiger partial charge in [-0.3, -0.25) is 0 Å². The minimum Gasteiger partial charge on any atom is -0.367 e. The van der Waals surface area contributed by atoms with Crippen LogP contribution >= 0.6 is 35.8 Å². The summed E-state index contributed by atoms with van der Waals surface area (Å²) in [6.45, 7) is 2.12. The van der Waals surface area contributed by atoms with Crippen LogP contribution in [-0.2, 0) is 0 Å². The molecule has 0 aromatic heterocycles. The first-order valence-electron chi connectivity index (χ1n) is 2.85. The third-order valence-corrected chi connectivity index (χ3v) is 2.91. The van der Waals surface area contributed by atoms with Crippen LogP contribution in [0.2, 0.25) is 0 Å². The molecule has 1 aliphatic rings. The zero-order valence-electron chi connectivity index (χ0n) is 6.06. The highest BCUT2D eigenvalue weighted by Gasteiger charge is 2.14. The summed E-state index contributed by atoms with van der Waals surface area (Å²) < 4.78 is 0. The van der Waals surface area contributed by atoms with Crippen molar-refractivity contribution in [2.75, 3.05) is 18.8 Å². The second kappa shape index (κ2) is 4.37. The van der Waals surface area contributed by atoms with Gasteiger partial charge in [0.05, 0.1) is 11.8 Å². The van der Waals surface area contributed by atoms with Gasteiger partial charge in [0.2, 0.25) is 0 Å². The molecule has 0 atom stereocenters. The highest BCUT2D eigenvalue weighted by atomic mass is 35.5. The van der Waals surface area contributed by atoms with E-state index in [-0.39, 0.29) is 12.4 Å². The second-order valence-electron chi connectivity index (χ2n) is 2.11. The summed E-state index contributed by atoms with van der Waals surface area (Å²) in [7, 11) is 2.07. The van der Waals surface area contributed by atoms with Crippen molar-refractivity contribution >= 4 is 35.8 Å². The number of halogens is 2. The van der Waals surface area contributed by atoms with Crippen LogP contribution in [-0.4, -0.2) is 23.7 Å². The smallest absolute Gasteiger partial charge is 0.0677 e. The van der Waals surface area contributed by atoms with Crippen molar-refractivity contribution in [3.63, 3.8) is 0 Å². The first kappa shape index (κ1) is 10.5. The molecule has 0 unspecified atom stereocenters. The van der Waals surface area contributed by atoms with Crippen molar-refractivity contribution in [1.82, 2.24) is 4.90 Å². The zero-order chi connectivity index (χ0) is 6.85. The van der Waals surface area contributed by atoms with E-state index in [1.54, 1.807) is 0 Å². The molecule has 10 heavy (non-hydrogen) atoms. The predicted octanol–water partition coefficient (Wildman–Crippen LogP) is 2.51. The lowest BCUT2D eigenvalue weighted by Crippen LogP contribution is -2.12. The number of hydrogen-bond donors (Lipinski definition) is 0. The molecule has 0 aliphatic carbocycles. The zero-order valence-corrected chi connectivity index (χ0v) is 8.44. The highest BCUT2D eigenvalue weighted by molar-refractivity contribution is 8.03. The third kappa shape index (κ3) is 1.97. The molecule has 1 rings (SSSR count). The van der Waals surface area contributed by atoms with Gasteiger partial charge in [-0.25, -0.2) is 0 Å². The highest BCUT2D eigenvalue weighted by Crippen LogP contribution is 2.30. The minimum atomic E-state index is 0. The van der Waals surface area contributed by atoms with Crippen molar-refractivity contribution in [3.05, 3.63) is 10.6 Å². The molecule has 1 aliphatic heterocycles. The standard InChI is InChI=1S/C6H10ClNS.ClH/c1-5-6(3-7)8(2)4-9-5;/h3-4H2,1-2H3;1H. The van der Waals surface area contributed by atoms with E-state index in [1.807, 2.05) is 11.8 Å². The van der Waals surface area contributed by atoms with Crippen LogP contribution in [0.3, 0.4) is 0 Å². The van der Waals surface area contributed by atoms with Crippen molar-refractivity contribution in [3.8, 4) is 0 Å². The van der Waals surface area contributed by atoms with E-state index in [1.165, 1.54) is 10.6 Å². The van der Waals surface area contributed by atoms with Crippen LogP contribution in [0.1, 0.15) is 6.92 Å². The van der Waals surface area contributed by atoms with Gasteiger partial charge in [0.15, 0.2) is 0 Å². The maximum Gasteiger partial charge on any atom is 0.0677 e. The molecule has 4 heteroatoms. The molecule has 0 saturated heterocycles. The summed E-state index contributed by atoms with van der Waals surface area (Å²) in [5, 5.41) is 0. The quantitative estimate of drug-likeness (QED) is 0.598. The number of thioether (sulfide) groups is 1. The normalized spacial score (nSPS) is 17.7. The molecular formula is C6H11Cl2NS. The molecule has 0 spiro atoms. The molecule has 1 nitrogen and oxygen atoms in total. The summed E-state index contributed by atoms with van der Waals surface area (Å²) in [6, 6.07) is 0. The third-order valence-electron chi connectivity index (χ3n) is 1.47. The molecule has 0 fully saturated rings. The van der Waals surface area contributed by atoms with Crippen molar-refractivity contribution < 1.29 is 0 Å². The first-order chi connectivity index (χ1) is 4.25. The molecule has 0 N–H and O–H groups in total. The molecule has 60 valence electrons. The number of alkyl halides is 1. The Morgan fingerprint density at radius 2 is 2.30 bits per heavy atom. The molecule has 0 amide bonds. The molecule has 0 radical (unpaired) electrons. The number of rotatable bonds is 1. The Kier molecular flexibility index (Phi) is 4.57. The summed E-state index contributed by atoms with van der Waals surface area (Å²) in [6.07, 6.45) is 0. The van der Waals surface area contributed by atoms with Gasteiger partial charge in [-0.1, -0.05) is 0 Å². The van der Waals surface area contributed by atoms with Gasteiger partial charge in [-0.05, 0) is 6.92 Å². The lowest BCUT2D eigenvalue weighted by molar-refractivity contribution is 0.504. The average Bonchev–Trinajstić information content (AvgIpc) is 2.12. The van der Waals surface area contributed by atoms with Gasteiger partial charge in [0.1, 0.15) is 0 Å². The van der Waals surface area contributed by atoms with Crippen LogP contribution in [0.15, 0.2) is 10.6 Å². The van der Waals surface area contributed by atoms with E-state index in [0.29, 0.717) is 5.88 Å². The monoisotopic (exact) mass is 199 g/mol. The van der Waals surface area contributed by atoms with Crippen LogP contribution in [0.25, 0.3) is 0 Å². The molecular weight excluding hydrogens is 189 g/mol. The molecule has 0 bridgehead atoms. The van der Waals surface area contributed by atoms with Crippen LogP contribution in [0, 0.1) is 0 Å². The summed E-state index contributed by atoms with van der Waals surface area (Å²) in [4.78, 5) is 3.56. The minimum absolute atomic E-state index is 0. The van der Waals surface area contributed by atoms with Crippen molar-refractivity contribution in [1.29, 1.82) is 0 Å². The van der Waals surface area contributed by atoms with Gasteiger partial charge in [-0.2, -0.15) is 0 Å². The number of nitrogens with zero attached hydrogens (tertiary/aromatic N) is 1. The summed E-state index contributed by atoms with van der Waals surface area (Å²) in [5.74, 6) is 1.71. The van der Waals surface area contributed by atoms with E-state index in [9.17, 15) is 0 Å². The number of hydrogen-bond acceptors (Lipinski definition) is 2. The van der Waals surface area contributed by atoms with Crippen LogP contribution in [0.5, 0.6) is 0 Å². The van der Waals surface area contributed by atoms with E-state index >= 15 is 0 Å². The van der Waals surface area contributed by atoms with Crippen molar-refractivity contribution in [2.45, 2.75) is 6.92 Å². The Morgan fingerprint density at radius 3 is 2.50 bits per heavy atom. The molecule has 0 saturated carbocycles. The van der Waals surface area contributed by atoms with E-state index < -0.39 is 0 Å². The van der Waals surface area contributed by atoms with Gasteiger partial charge >= 0.3 is 0 Å². The predicted molar refractivity (Wildman–Crippen MR) is 50.9 cm³/mol. The van der Waals surface area contributed by atoms with Gasteiger partial charge in [0.25, 0.3) is 0 Å². The fourth-order valence-electron chi connectivity index (χ4n) is 0.820. The fourth-order valence-corrected chi connectivity index (χ4v) is 2.24. The van der Waals surface area contributed by atoms with E-state index in [2.05, 4.69) is 18.9 Å². The Hall–Kier alpha value is 0.470. The van der Waals surface area contributed by atoms with Gasteiger partial charge < -0.3 is 4.90 Å². The first-order valence-corrected chi connectivity index (χ1v) is 4.37. The van der Waals surface area contributed by atoms with Gasteiger partial charge in [0, 0.05) is 17.6 Å². The van der Waals surface area contributed by atoms with Crippen LogP contribution in [0.4, 0.5) is 0 Å². The summed E-state index contributed by atoms with van der Waals surface area (Å²) in [5.41, 5.74) is 1.28. The van der Waals surface area contributed by atoms with Crippen LogP contribution < -0.4 is 0 Å². The lowest BCUT2D eigenvalue weighted by atomic mass is 10.4. The Bertz CT molecular complexity index is 147. The van der Waals surface area contributed by atoms with Gasteiger partial charge in [-0.15, -0.1) is 35.8 Å². The van der Waals surface area contributed by atoms with E-state index in [0.717, 1.165) is 5.88 Å². The van der Waals surface area contributed by atoms with E-state index in [4.69, 9.17) is 11.6 Å². The summed E-state index contributed by atoms with van der Waals surface area (Å²) >= 11 is 7.54. The fraction of sp³-hybridized carbons (Fsp3) is 0.667. The SMILES string of the molecule is CC1=C(CCl)N(C)CS1.Cl.